The fourth-order valence-corrected chi connectivity index (χ4v) is 2.62. The smallest absolute Gasteiger partial charge is 0.367 e. The number of halogens is 3. The molecule has 1 aromatic heterocycles. The summed E-state index contributed by atoms with van der Waals surface area (Å²) in [6, 6.07) is 5.63. The minimum Gasteiger partial charge on any atom is -0.367 e. The molecule has 0 N–H and O–H groups in total. The lowest BCUT2D eigenvalue weighted by Crippen LogP contribution is -2.38. The van der Waals surface area contributed by atoms with Crippen LogP contribution >= 0.6 is 0 Å². The van der Waals surface area contributed by atoms with Gasteiger partial charge < -0.3 is 9.26 Å². The van der Waals surface area contributed by atoms with E-state index in [4.69, 9.17) is 9.26 Å². The minimum atomic E-state index is -4.35. The van der Waals surface area contributed by atoms with E-state index in [1.165, 1.54) is 12.1 Å². The third kappa shape index (κ3) is 3.70. The van der Waals surface area contributed by atoms with Crippen molar-refractivity contribution >= 4 is 0 Å². The molecule has 1 fully saturated rings. The predicted octanol–water partition coefficient (Wildman–Crippen LogP) is 2.97. The monoisotopic (exact) mass is 327 g/mol. The van der Waals surface area contributed by atoms with E-state index in [9.17, 15) is 13.2 Å². The van der Waals surface area contributed by atoms with E-state index in [0.29, 0.717) is 31.4 Å². The van der Waals surface area contributed by atoms with E-state index >= 15 is 0 Å². The number of morpholine rings is 1. The largest absolute Gasteiger partial charge is 0.416 e. The molecule has 0 bridgehead atoms. The van der Waals surface area contributed by atoms with E-state index < -0.39 is 11.7 Å². The van der Waals surface area contributed by atoms with Gasteiger partial charge in [0, 0.05) is 26.6 Å². The summed E-state index contributed by atoms with van der Waals surface area (Å²) in [4.78, 5) is 6.03. The first-order chi connectivity index (χ1) is 10.9. The highest BCUT2D eigenvalue weighted by atomic mass is 19.4. The number of hydrogen-bond acceptors (Lipinski definition) is 5. The van der Waals surface area contributed by atoms with Crippen molar-refractivity contribution in [3.63, 3.8) is 0 Å². The summed E-state index contributed by atoms with van der Waals surface area (Å²) < 4.78 is 49.7. The zero-order chi connectivity index (χ0) is 16.4. The SMILES string of the molecule is Cc1nc([C@H]2CN(Cc3ccccc3C(F)(F)F)CCO2)no1. The third-order valence-electron chi connectivity index (χ3n) is 3.70. The second kappa shape index (κ2) is 6.29. The quantitative estimate of drug-likeness (QED) is 0.867. The third-order valence-corrected chi connectivity index (χ3v) is 3.70. The highest BCUT2D eigenvalue weighted by Gasteiger charge is 2.34. The van der Waals surface area contributed by atoms with Crippen molar-refractivity contribution in [1.29, 1.82) is 0 Å². The Morgan fingerprint density at radius 1 is 1.30 bits per heavy atom. The van der Waals surface area contributed by atoms with E-state index in [0.717, 1.165) is 6.07 Å². The summed E-state index contributed by atoms with van der Waals surface area (Å²) in [5, 5.41) is 3.82. The van der Waals surface area contributed by atoms with Crippen LogP contribution in [0.15, 0.2) is 28.8 Å². The van der Waals surface area contributed by atoms with Crippen LogP contribution in [0.25, 0.3) is 0 Å². The Balaban J connectivity index is 1.73. The van der Waals surface area contributed by atoms with Gasteiger partial charge in [0.2, 0.25) is 11.7 Å². The van der Waals surface area contributed by atoms with Gasteiger partial charge in [0.1, 0.15) is 6.10 Å². The average Bonchev–Trinajstić information content (AvgIpc) is 2.94. The van der Waals surface area contributed by atoms with Gasteiger partial charge in [-0.15, -0.1) is 0 Å². The summed E-state index contributed by atoms with van der Waals surface area (Å²) in [5.41, 5.74) is -0.344. The molecule has 124 valence electrons. The first kappa shape index (κ1) is 15.9. The highest BCUT2D eigenvalue weighted by molar-refractivity contribution is 5.29. The van der Waals surface area contributed by atoms with E-state index in [1.54, 1.807) is 13.0 Å². The highest BCUT2D eigenvalue weighted by Crippen LogP contribution is 2.33. The molecular weight excluding hydrogens is 311 g/mol. The molecule has 23 heavy (non-hydrogen) atoms. The van der Waals surface area contributed by atoms with Crippen molar-refractivity contribution in [2.24, 2.45) is 0 Å². The van der Waals surface area contributed by atoms with Crippen molar-refractivity contribution in [3.05, 3.63) is 47.1 Å². The maximum absolute atomic E-state index is 13.1. The van der Waals surface area contributed by atoms with Crippen LogP contribution in [0.2, 0.25) is 0 Å². The first-order valence-electron chi connectivity index (χ1n) is 7.23. The number of aromatic nitrogens is 2. The maximum Gasteiger partial charge on any atom is 0.416 e. The van der Waals surface area contributed by atoms with Gasteiger partial charge in [-0.3, -0.25) is 4.90 Å². The Labute approximate surface area is 131 Å². The standard InChI is InChI=1S/C15H16F3N3O2/c1-10-19-14(20-23-10)13-9-21(6-7-22-13)8-11-4-2-3-5-12(11)15(16,17)18/h2-5,13H,6-9H2,1H3/t13-/m1/s1. The lowest BCUT2D eigenvalue weighted by atomic mass is 10.1. The van der Waals surface area contributed by atoms with Crippen LogP contribution in [0, 0.1) is 6.92 Å². The Kier molecular flexibility index (Phi) is 4.36. The van der Waals surface area contributed by atoms with Crippen molar-refractivity contribution in [2.75, 3.05) is 19.7 Å². The molecule has 8 heteroatoms. The van der Waals surface area contributed by atoms with Crippen molar-refractivity contribution in [2.45, 2.75) is 25.7 Å². The van der Waals surface area contributed by atoms with Gasteiger partial charge in [0.15, 0.2) is 0 Å². The fraction of sp³-hybridized carbons (Fsp3) is 0.467. The first-order valence-corrected chi connectivity index (χ1v) is 7.23. The minimum absolute atomic E-state index is 0.201. The second-order valence-corrected chi connectivity index (χ2v) is 5.42. The van der Waals surface area contributed by atoms with Gasteiger partial charge in [-0.2, -0.15) is 18.2 Å². The molecule has 0 radical (unpaired) electrons. The Bertz CT molecular complexity index is 672. The molecular formula is C15H16F3N3O2. The van der Waals surface area contributed by atoms with Crippen molar-refractivity contribution in [3.8, 4) is 0 Å². The number of aryl methyl sites for hydroxylation is 1. The Morgan fingerprint density at radius 2 is 2.09 bits per heavy atom. The summed E-state index contributed by atoms with van der Waals surface area (Å²) in [6.45, 7) is 3.26. The number of rotatable bonds is 3. The number of benzene rings is 1. The van der Waals surface area contributed by atoms with Gasteiger partial charge in [-0.05, 0) is 11.6 Å². The summed E-state index contributed by atoms with van der Waals surface area (Å²) in [5.74, 6) is 0.861. The molecule has 1 saturated heterocycles. The maximum atomic E-state index is 13.1. The van der Waals surface area contributed by atoms with Crippen LogP contribution in [0.5, 0.6) is 0 Å². The Morgan fingerprint density at radius 3 is 2.78 bits per heavy atom. The van der Waals surface area contributed by atoms with E-state index in [1.807, 2.05) is 4.90 Å². The lowest BCUT2D eigenvalue weighted by molar-refractivity contribution is -0.138. The molecule has 0 unspecified atom stereocenters. The topological polar surface area (TPSA) is 51.4 Å². The van der Waals surface area contributed by atoms with Gasteiger partial charge in [0.05, 0.1) is 12.2 Å². The molecule has 1 aliphatic rings. The second-order valence-electron chi connectivity index (χ2n) is 5.42. The molecule has 3 rings (SSSR count). The predicted molar refractivity (Wildman–Crippen MR) is 74.4 cm³/mol. The van der Waals surface area contributed by atoms with Gasteiger partial charge >= 0.3 is 6.18 Å². The van der Waals surface area contributed by atoms with Crippen LogP contribution in [-0.4, -0.2) is 34.7 Å². The number of hydrogen-bond donors (Lipinski definition) is 0. The lowest BCUT2D eigenvalue weighted by Gasteiger charge is -2.32. The van der Waals surface area contributed by atoms with E-state index in [2.05, 4.69) is 10.1 Å². The molecule has 0 aliphatic carbocycles. The average molecular weight is 327 g/mol. The molecule has 2 heterocycles. The molecule has 2 aromatic rings. The molecule has 5 nitrogen and oxygen atoms in total. The van der Waals surface area contributed by atoms with Gasteiger partial charge in [0.25, 0.3) is 0 Å². The molecule has 0 amide bonds. The normalized spacial score (nSPS) is 19.9. The molecule has 0 saturated carbocycles. The molecule has 1 aromatic carbocycles. The zero-order valence-corrected chi connectivity index (χ0v) is 12.5. The van der Waals surface area contributed by atoms with Gasteiger partial charge in [-0.1, -0.05) is 23.4 Å². The summed E-state index contributed by atoms with van der Waals surface area (Å²) in [7, 11) is 0. The van der Waals surface area contributed by atoms with Crippen molar-refractivity contribution < 1.29 is 22.4 Å². The number of alkyl halides is 3. The Hall–Kier alpha value is -1.93. The van der Waals surface area contributed by atoms with E-state index in [-0.39, 0.29) is 18.2 Å². The van der Waals surface area contributed by atoms with Gasteiger partial charge in [-0.25, -0.2) is 0 Å². The zero-order valence-electron chi connectivity index (χ0n) is 12.5. The van der Waals surface area contributed by atoms with Crippen LogP contribution in [-0.2, 0) is 17.5 Å². The number of ether oxygens (including phenoxy) is 1. The molecule has 1 aliphatic heterocycles. The van der Waals surface area contributed by atoms with Crippen LogP contribution in [0.3, 0.4) is 0 Å². The molecule has 1 atom stereocenters. The fourth-order valence-electron chi connectivity index (χ4n) is 2.62. The van der Waals surface area contributed by atoms with Crippen LogP contribution in [0.4, 0.5) is 13.2 Å². The van der Waals surface area contributed by atoms with Crippen molar-refractivity contribution in [1.82, 2.24) is 15.0 Å². The van der Waals surface area contributed by atoms with Crippen LogP contribution in [0.1, 0.15) is 28.9 Å². The number of nitrogens with zero attached hydrogens (tertiary/aromatic N) is 3. The van der Waals surface area contributed by atoms with Crippen LogP contribution < -0.4 is 0 Å². The summed E-state index contributed by atoms with van der Waals surface area (Å²) in [6.07, 6.45) is -4.74. The molecule has 0 spiro atoms. The summed E-state index contributed by atoms with van der Waals surface area (Å²) >= 11 is 0.